The van der Waals surface area contributed by atoms with Crippen LogP contribution in [0.2, 0.25) is 0 Å². The summed E-state index contributed by atoms with van der Waals surface area (Å²) in [5.74, 6) is 0.345. The van der Waals surface area contributed by atoms with Crippen LogP contribution in [0.5, 0.6) is 0 Å². The highest BCUT2D eigenvalue weighted by atomic mass is 19.4. The highest BCUT2D eigenvalue weighted by Gasteiger charge is 2.31. The van der Waals surface area contributed by atoms with Gasteiger partial charge >= 0.3 is 6.18 Å². The first-order chi connectivity index (χ1) is 11.8. The van der Waals surface area contributed by atoms with Crippen molar-refractivity contribution in [3.05, 3.63) is 53.2 Å². The summed E-state index contributed by atoms with van der Waals surface area (Å²) in [5.41, 5.74) is 0.0624. The molecule has 1 aliphatic rings. The fourth-order valence-corrected chi connectivity index (χ4v) is 2.71. The van der Waals surface area contributed by atoms with Gasteiger partial charge < -0.3 is 9.80 Å². The van der Waals surface area contributed by atoms with Crippen LogP contribution in [0.3, 0.4) is 0 Å². The maximum absolute atomic E-state index is 12.8. The van der Waals surface area contributed by atoms with E-state index in [4.69, 9.17) is 0 Å². The molecule has 3 rings (SSSR count). The van der Waals surface area contributed by atoms with E-state index in [0.717, 1.165) is 23.6 Å². The number of amides is 1. The molecule has 132 valence electrons. The summed E-state index contributed by atoms with van der Waals surface area (Å²) in [5, 5.41) is 8.13. The average Bonchev–Trinajstić information content (AvgIpc) is 2.61. The second-order valence-electron chi connectivity index (χ2n) is 5.89. The second-order valence-corrected chi connectivity index (χ2v) is 5.89. The number of alkyl halides is 3. The van der Waals surface area contributed by atoms with Crippen LogP contribution in [-0.4, -0.2) is 47.2 Å². The monoisotopic (exact) mass is 350 g/mol. The topological polar surface area (TPSA) is 49.3 Å². The van der Waals surface area contributed by atoms with Crippen molar-refractivity contribution in [1.82, 2.24) is 15.1 Å². The smallest absolute Gasteiger partial charge is 0.352 e. The molecule has 0 unspecified atom stereocenters. The van der Waals surface area contributed by atoms with Crippen LogP contribution in [0, 0.1) is 6.92 Å². The van der Waals surface area contributed by atoms with E-state index in [9.17, 15) is 18.0 Å². The van der Waals surface area contributed by atoms with E-state index in [-0.39, 0.29) is 11.5 Å². The predicted octanol–water partition coefficient (Wildman–Crippen LogP) is 2.77. The van der Waals surface area contributed by atoms with Gasteiger partial charge in [0.15, 0.2) is 5.82 Å². The number of hydrogen-bond acceptors (Lipinski definition) is 4. The number of anilines is 1. The van der Waals surface area contributed by atoms with Crippen molar-refractivity contribution >= 4 is 11.7 Å². The number of halogens is 3. The molecule has 1 aromatic heterocycles. The molecule has 0 N–H and O–H groups in total. The quantitative estimate of drug-likeness (QED) is 0.836. The molecule has 8 heteroatoms. The van der Waals surface area contributed by atoms with Gasteiger partial charge in [0.2, 0.25) is 0 Å². The number of benzene rings is 1. The fourth-order valence-electron chi connectivity index (χ4n) is 2.71. The molecular weight excluding hydrogens is 333 g/mol. The molecule has 25 heavy (non-hydrogen) atoms. The molecule has 5 nitrogen and oxygen atoms in total. The first-order valence-electron chi connectivity index (χ1n) is 7.86. The van der Waals surface area contributed by atoms with Gasteiger partial charge in [-0.25, -0.2) is 0 Å². The summed E-state index contributed by atoms with van der Waals surface area (Å²) in [6.07, 6.45) is -4.46. The summed E-state index contributed by atoms with van der Waals surface area (Å²) in [6, 6.07) is 8.27. The Morgan fingerprint density at radius 2 is 1.76 bits per heavy atom. The van der Waals surface area contributed by atoms with E-state index in [0.29, 0.717) is 26.2 Å². The van der Waals surface area contributed by atoms with Crippen molar-refractivity contribution in [3.8, 4) is 0 Å². The number of aryl methyl sites for hydroxylation is 1. The number of rotatable bonds is 2. The van der Waals surface area contributed by atoms with E-state index in [1.54, 1.807) is 4.90 Å². The molecule has 0 aliphatic carbocycles. The summed E-state index contributed by atoms with van der Waals surface area (Å²) >= 11 is 0. The first kappa shape index (κ1) is 17.2. The molecule has 0 bridgehead atoms. The van der Waals surface area contributed by atoms with Crippen molar-refractivity contribution in [3.63, 3.8) is 0 Å². The molecule has 0 spiro atoms. The van der Waals surface area contributed by atoms with Crippen molar-refractivity contribution < 1.29 is 18.0 Å². The van der Waals surface area contributed by atoms with Gasteiger partial charge in [0.1, 0.15) is 0 Å². The summed E-state index contributed by atoms with van der Waals surface area (Å²) < 4.78 is 38.4. The molecule has 2 heterocycles. The van der Waals surface area contributed by atoms with E-state index in [1.165, 1.54) is 12.1 Å². The first-order valence-corrected chi connectivity index (χ1v) is 7.86. The molecule has 1 aromatic carbocycles. The van der Waals surface area contributed by atoms with Gasteiger partial charge in [-0.05, 0) is 37.3 Å². The zero-order valence-corrected chi connectivity index (χ0v) is 13.6. The maximum Gasteiger partial charge on any atom is 0.416 e. The van der Waals surface area contributed by atoms with E-state index in [2.05, 4.69) is 10.2 Å². The third kappa shape index (κ3) is 3.89. The van der Waals surface area contributed by atoms with Crippen LogP contribution in [0.15, 0.2) is 36.4 Å². The molecule has 1 aliphatic heterocycles. The Labute approximate surface area is 143 Å². The minimum absolute atomic E-state index is 0.0541. The Hall–Kier alpha value is -2.64. The van der Waals surface area contributed by atoms with E-state index < -0.39 is 11.7 Å². The van der Waals surface area contributed by atoms with Gasteiger partial charge in [0.05, 0.1) is 11.3 Å². The highest BCUT2D eigenvalue weighted by molar-refractivity contribution is 5.94. The third-order valence-corrected chi connectivity index (χ3v) is 4.11. The number of piperazine rings is 1. The van der Waals surface area contributed by atoms with Crippen LogP contribution >= 0.6 is 0 Å². The van der Waals surface area contributed by atoms with Crippen molar-refractivity contribution in [1.29, 1.82) is 0 Å². The number of nitrogens with zero attached hydrogens (tertiary/aromatic N) is 4. The van der Waals surface area contributed by atoms with Crippen molar-refractivity contribution in [2.24, 2.45) is 0 Å². The van der Waals surface area contributed by atoms with Crippen molar-refractivity contribution in [2.75, 3.05) is 31.1 Å². The molecule has 0 atom stereocenters. The maximum atomic E-state index is 12.8. The summed E-state index contributed by atoms with van der Waals surface area (Å²) in [4.78, 5) is 16.0. The molecule has 0 radical (unpaired) electrons. The summed E-state index contributed by atoms with van der Waals surface area (Å²) in [6.45, 7) is 3.81. The molecule has 1 fully saturated rings. The van der Waals surface area contributed by atoms with Gasteiger partial charge in [-0.2, -0.15) is 18.3 Å². The van der Waals surface area contributed by atoms with E-state index in [1.807, 2.05) is 24.0 Å². The predicted molar refractivity (Wildman–Crippen MR) is 86.3 cm³/mol. The minimum Gasteiger partial charge on any atom is -0.352 e. The molecule has 1 amide bonds. The fraction of sp³-hybridized carbons (Fsp3) is 0.353. The third-order valence-electron chi connectivity index (χ3n) is 4.11. The molecular formula is C17H17F3N4O. The molecule has 1 saturated heterocycles. The highest BCUT2D eigenvalue weighted by Crippen LogP contribution is 2.29. The lowest BCUT2D eigenvalue weighted by atomic mass is 10.1. The Balaban J connectivity index is 1.66. The SMILES string of the molecule is Cc1ccc(N2CCN(C(=O)c3cccc(C(F)(F)F)c3)CC2)nn1. The minimum atomic E-state index is -4.46. The number of carbonyl (C=O) groups is 1. The Morgan fingerprint density at radius 3 is 2.36 bits per heavy atom. The summed E-state index contributed by atoms with van der Waals surface area (Å²) in [7, 11) is 0. The van der Waals surface area contributed by atoms with Gasteiger partial charge in [-0.15, -0.1) is 5.10 Å². The van der Waals surface area contributed by atoms with E-state index >= 15 is 0 Å². The molecule has 0 saturated carbocycles. The van der Waals surface area contributed by atoms with Crippen LogP contribution in [0.25, 0.3) is 0 Å². The Bertz CT molecular complexity index is 753. The zero-order chi connectivity index (χ0) is 18.0. The van der Waals surface area contributed by atoms with Gasteiger partial charge in [-0.3, -0.25) is 4.79 Å². The largest absolute Gasteiger partial charge is 0.416 e. The average molecular weight is 350 g/mol. The lowest BCUT2D eigenvalue weighted by Gasteiger charge is -2.35. The normalized spacial score (nSPS) is 15.4. The van der Waals surface area contributed by atoms with Gasteiger partial charge in [-0.1, -0.05) is 6.07 Å². The van der Waals surface area contributed by atoms with Gasteiger partial charge in [0.25, 0.3) is 5.91 Å². The lowest BCUT2D eigenvalue weighted by molar-refractivity contribution is -0.137. The number of carbonyl (C=O) groups excluding carboxylic acids is 1. The Morgan fingerprint density at radius 1 is 1.04 bits per heavy atom. The number of hydrogen-bond donors (Lipinski definition) is 0. The standard InChI is InChI=1S/C17H17F3N4O/c1-12-5-6-15(22-21-12)23-7-9-24(10-8-23)16(25)13-3-2-4-14(11-13)17(18,19)20/h2-6,11H,7-10H2,1H3. The van der Waals surface area contributed by atoms with Gasteiger partial charge in [0, 0.05) is 31.7 Å². The van der Waals surface area contributed by atoms with Crippen LogP contribution in [0.4, 0.5) is 19.0 Å². The zero-order valence-electron chi connectivity index (χ0n) is 13.6. The van der Waals surface area contributed by atoms with Crippen LogP contribution in [-0.2, 0) is 6.18 Å². The van der Waals surface area contributed by atoms with Crippen LogP contribution in [0.1, 0.15) is 21.6 Å². The lowest BCUT2D eigenvalue weighted by Crippen LogP contribution is -2.49. The second kappa shape index (κ2) is 6.70. The van der Waals surface area contributed by atoms with Crippen molar-refractivity contribution in [2.45, 2.75) is 13.1 Å². The molecule has 2 aromatic rings. The van der Waals surface area contributed by atoms with Crippen LogP contribution < -0.4 is 4.90 Å². The number of aromatic nitrogens is 2. The Kier molecular flexibility index (Phi) is 4.61.